The largest absolute Gasteiger partial charge is 0.401 e. The molecule has 1 nitrogen and oxygen atoms in total. The Morgan fingerprint density at radius 3 is 2.59 bits per heavy atom. The molecule has 0 radical (unpaired) electrons. The molecule has 1 aliphatic carbocycles. The van der Waals surface area contributed by atoms with E-state index in [-0.39, 0.29) is 6.04 Å². The monoisotopic (exact) mass is 307 g/mol. The minimum atomic E-state index is -4.11. The summed E-state index contributed by atoms with van der Waals surface area (Å²) >= 11 is 3.39. The second-order valence-electron chi connectivity index (χ2n) is 4.42. The lowest BCUT2D eigenvalue weighted by Gasteiger charge is -2.36. The Morgan fingerprint density at radius 1 is 1.29 bits per heavy atom. The Labute approximate surface area is 107 Å². The average molecular weight is 308 g/mol. The van der Waals surface area contributed by atoms with Gasteiger partial charge in [0, 0.05) is 10.5 Å². The minimum Gasteiger partial charge on any atom is -0.306 e. The van der Waals surface area contributed by atoms with Gasteiger partial charge in [-0.3, -0.25) is 0 Å². The minimum absolute atomic E-state index is 0.000562. The van der Waals surface area contributed by atoms with E-state index in [1.165, 1.54) is 5.56 Å². The van der Waals surface area contributed by atoms with E-state index in [9.17, 15) is 13.2 Å². The van der Waals surface area contributed by atoms with E-state index in [1.54, 1.807) is 0 Å². The average Bonchev–Trinajstić information content (AvgIpc) is 2.13. The zero-order chi connectivity index (χ0) is 12.5. The van der Waals surface area contributed by atoms with Crippen LogP contribution in [0.1, 0.15) is 24.3 Å². The van der Waals surface area contributed by atoms with Crippen molar-refractivity contribution in [1.29, 1.82) is 0 Å². The van der Waals surface area contributed by atoms with Crippen molar-refractivity contribution in [2.24, 2.45) is 0 Å². The summed E-state index contributed by atoms with van der Waals surface area (Å²) in [6.45, 7) is -0.886. The predicted molar refractivity (Wildman–Crippen MR) is 64.0 cm³/mol. The van der Waals surface area contributed by atoms with Crippen LogP contribution in [0.2, 0.25) is 0 Å². The highest BCUT2D eigenvalue weighted by molar-refractivity contribution is 9.10. The van der Waals surface area contributed by atoms with Gasteiger partial charge in [0.05, 0.1) is 6.54 Å². The van der Waals surface area contributed by atoms with Gasteiger partial charge in [-0.2, -0.15) is 13.2 Å². The molecule has 17 heavy (non-hydrogen) atoms. The van der Waals surface area contributed by atoms with Gasteiger partial charge in [0.2, 0.25) is 0 Å². The Bertz CT molecular complexity index is 386. The first kappa shape index (κ1) is 12.9. The van der Waals surface area contributed by atoms with Crippen molar-refractivity contribution in [3.63, 3.8) is 0 Å². The van der Waals surface area contributed by atoms with Gasteiger partial charge in [-0.1, -0.05) is 28.1 Å². The molecule has 0 spiro atoms. The van der Waals surface area contributed by atoms with E-state index in [2.05, 4.69) is 21.2 Å². The molecule has 1 fully saturated rings. The van der Waals surface area contributed by atoms with E-state index < -0.39 is 12.7 Å². The van der Waals surface area contributed by atoms with Gasteiger partial charge >= 0.3 is 6.18 Å². The molecule has 1 saturated carbocycles. The van der Waals surface area contributed by atoms with E-state index in [1.807, 2.05) is 24.3 Å². The fourth-order valence-electron chi connectivity index (χ4n) is 2.08. The Balaban J connectivity index is 1.79. The second kappa shape index (κ2) is 4.98. The first-order chi connectivity index (χ1) is 7.94. The Kier molecular flexibility index (Phi) is 3.78. The quantitative estimate of drug-likeness (QED) is 0.894. The molecule has 1 aromatic rings. The number of nitrogens with one attached hydrogen (secondary N) is 1. The summed E-state index contributed by atoms with van der Waals surface area (Å²) in [6, 6.07) is 7.96. The van der Waals surface area contributed by atoms with Crippen LogP contribution in [0.15, 0.2) is 28.7 Å². The van der Waals surface area contributed by atoms with Gasteiger partial charge in [0.1, 0.15) is 0 Å². The van der Waals surface area contributed by atoms with Crippen LogP contribution in [0, 0.1) is 0 Å². The molecule has 0 atom stereocenters. The number of rotatable bonds is 3. The van der Waals surface area contributed by atoms with Crippen LogP contribution < -0.4 is 5.32 Å². The number of hydrogen-bond acceptors (Lipinski definition) is 1. The van der Waals surface area contributed by atoms with Crippen molar-refractivity contribution in [1.82, 2.24) is 5.32 Å². The molecule has 0 unspecified atom stereocenters. The third-order valence-electron chi connectivity index (χ3n) is 3.05. The van der Waals surface area contributed by atoms with E-state index in [4.69, 9.17) is 0 Å². The summed E-state index contributed by atoms with van der Waals surface area (Å²) in [7, 11) is 0. The topological polar surface area (TPSA) is 12.0 Å². The maximum absolute atomic E-state index is 12.0. The molecule has 1 aromatic carbocycles. The van der Waals surface area contributed by atoms with Gasteiger partial charge in [-0.05, 0) is 36.5 Å². The van der Waals surface area contributed by atoms with Crippen molar-refractivity contribution >= 4 is 15.9 Å². The lowest BCUT2D eigenvalue weighted by atomic mass is 9.76. The highest BCUT2D eigenvalue weighted by Gasteiger charge is 2.34. The van der Waals surface area contributed by atoms with Crippen LogP contribution in [-0.2, 0) is 0 Å². The standard InChI is InChI=1S/C12H13BrF3N/c13-10-3-1-2-8(4-10)9-5-11(6-9)17-7-12(14,15)16/h1-4,9,11,17H,5-7H2. The number of alkyl halides is 3. The molecule has 5 heteroatoms. The summed E-state index contributed by atoms with van der Waals surface area (Å²) in [5.41, 5.74) is 1.20. The first-order valence-corrected chi connectivity index (χ1v) is 6.29. The molecular weight excluding hydrogens is 295 g/mol. The first-order valence-electron chi connectivity index (χ1n) is 5.49. The van der Waals surface area contributed by atoms with Gasteiger partial charge in [-0.15, -0.1) is 0 Å². The zero-order valence-corrected chi connectivity index (χ0v) is 10.7. The van der Waals surface area contributed by atoms with Crippen LogP contribution in [0.5, 0.6) is 0 Å². The number of hydrogen-bond donors (Lipinski definition) is 1. The van der Waals surface area contributed by atoms with Crippen molar-refractivity contribution < 1.29 is 13.2 Å². The molecule has 1 aliphatic rings. The fraction of sp³-hybridized carbons (Fsp3) is 0.500. The van der Waals surface area contributed by atoms with Crippen LogP contribution in [-0.4, -0.2) is 18.8 Å². The van der Waals surface area contributed by atoms with Crippen molar-refractivity contribution in [3.8, 4) is 0 Å². The molecule has 0 aliphatic heterocycles. The molecule has 0 amide bonds. The van der Waals surface area contributed by atoms with Gasteiger partial charge < -0.3 is 5.32 Å². The van der Waals surface area contributed by atoms with Gasteiger partial charge in [0.15, 0.2) is 0 Å². The molecule has 0 heterocycles. The lowest BCUT2D eigenvalue weighted by molar-refractivity contribution is -0.127. The van der Waals surface area contributed by atoms with E-state index in [0.717, 1.165) is 17.3 Å². The molecule has 94 valence electrons. The van der Waals surface area contributed by atoms with Crippen molar-refractivity contribution in [3.05, 3.63) is 34.3 Å². The lowest BCUT2D eigenvalue weighted by Crippen LogP contribution is -2.44. The maximum Gasteiger partial charge on any atom is 0.401 e. The van der Waals surface area contributed by atoms with Crippen molar-refractivity contribution in [2.45, 2.75) is 31.0 Å². The highest BCUT2D eigenvalue weighted by Crippen LogP contribution is 2.37. The van der Waals surface area contributed by atoms with E-state index in [0.29, 0.717) is 5.92 Å². The normalized spacial score (nSPS) is 24.5. The highest BCUT2D eigenvalue weighted by atomic mass is 79.9. The van der Waals surface area contributed by atoms with Crippen LogP contribution >= 0.6 is 15.9 Å². The van der Waals surface area contributed by atoms with Crippen molar-refractivity contribution in [2.75, 3.05) is 6.54 Å². The van der Waals surface area contributed by atoms with Crippen LogP contribution in [0.25, 0.3) is 0 Å². The summed E-state index contributed by atoms with van der Waals surface area (Å²) in [5.74, 6) is 0.387. The molecule has 0 aromatic heterocycles. The number of halogens is 4. The summed E-state index contributed by atoms with van der Waals surface area (Å²) < 4.78 is 37.0. The third-order valence-corrected chi connectivity index (χ3v) is 3.54. The molecule has 0 bridgehead atoms. The maximum atomic E-state index is 12.0. The van der Waals surface area contributed by atoms with Gasteiger partial charge in [-0.25, -0.2) is 0 Å². The smallest absolute Gasteiger partial charge is 0.306 e. The molecule has 0 saturated heterocycles. The predicted octanol–water partition coefficient (Wildman–Crippen LogP) is 3.85. The molecule has 1 N–H and O–H groups in total. The molecule has 2 rings (SSSR count). The fourth-order valence-corrected chi connectivity index (χ4v) is 2.49. The Morgan fingerprint density at radius 2 is 2.00 bits per heavy atom. The van der Waals surface area contributed by atoms with Crippen LogP contribution in [0.4, 0.5) is 13.2 Å². The SMILES string of the molecule is FC(F)(F)CNC1CC(c2cccc(Br)c2)C1. The zero-order valence-electron chi connectivity index (χ0n) is 9.10. The summed E-state index contributed by atoms with van der Waals surface area (Å²) in [5, 5.41) is 2.54. The summed E-state index contributed by atoms with van der Waals surface area (Å²) in [6.07, 6.45) is -2.54. The summed E-state index contributed by atoms with van der Waals surface area (Å²) in [4.78, 5) is 0. The second-order valence-corrected chi connectivity index (χ2v) is 5.33. The number of benzene rings is 1. The van der Waals surface area contributed by atoms with E-state index >= 15 is 0 Å². The Hall–Kier alpha value is -0.550. The molecular formula is C12H13BrF3N. The third kappa shape index (κ3) is 3.71. The van der Waals surface area contributed by atoms with Gasteiger partial charge in [0.25, 0.3) is 0 Å². The van der Waals surface area contributed by atoms with Crippen LogP contribution in [0.3, 0.4) is 0 Å².